The zero-order chi connectivity index (χ0) is 10.6. The lowest BCUT2D eigenvalue weighted by Crippen LogP contribution is -2.32. The van der Waals surface area contributed by atoms with Crippen molar-refractivity contribution in [3.63, 3.8) is 0 Å². The maximum Gasteiger partial charge on any atom is 0.326 e. The predicted molar refractivity (Wildman–Crippen MR) is 53.4 cm³/mol. The summed E-state index contributed by atoms with van der Waals surface area (Å²) in [6.45, 7) is 0. The van der Waals surface area contributed by atoms with Crippen LogP contribution in [0.2, 0.25) is 0 Å². The van der Waals surface area contributed by atoms with Crippen molar-refractivity contribution in [3.8, 4) is 0 Å². The minimum Gasteiger partial charge on any atom is -0.480 e. The van der Waals surface area contributed by atoms with Gasteiger partial charge >= 0.3 is 13.5 Å². The standard InChI is InChI=1S/C9H11BNO3/c11-8(9(12)13)5-6-1-3-7(10-14)4-2-6/h1-4,8,14H,5,11H2,(H,12,13)/t8-/m0/s1. The van der Waals surface area contributed by atoms with E-state index in [0.29, 0.717) is 11.9 Å². The molecule has 0 saturated carbocycles. The highest BCUT2D eigenvalue weighted by atomic mass is 16.4. The van der Waals surface area contributed by atoms with Crippen molar-refractivity contribution in [2.24, 2.45) is 5.73 Å². The van der Waals surface area contributed by atoms with Crippen molar-refractivity contribution in [2.75, 3.05) is 0 Å². The highest BCUT2D eigenvalue weighted by Gasteiger charge is 2.11. The average molecular weight is 192 g/mol. The molecular weight excluding hydrogens is 181 g/mol. The van der Waals surface area contributed by atoms with Gasteiger partial charge in [-0.05, 0) is 12.0 Å². The van der Waals surface area contributed by atoms with Gasteiger partial charge in [-0.25, -0.2) is 0 Å². The monoisotopic (exact) mass is 192 g/mol. The Balaban J connectivity index is 2.64. The first-order chi connectivity index (χ1) is 6.63. The summed E-state index contributed by atoms with van der Waals surface area (Å²) >= 11 is 0. The molecule has 0 amide bonds. The van der Waals surface area contributed by atoms with Gasteiger partial charge in [-0.15, -0.1) is 0 Å². The Kier molecular flexibility index (Phi) is 3.68. The minimum atomic E-state index is -1.01. The van der Waals surface area contributed by atoms with E-state index in [0.717, 1.165) is 13.0 Å². The van der Waals surface area contributed by atoms with E-state index in [4.69, 9.17) is 15.9 Å². The van der Waals surface area contributed by atoms with Crippen LogP contribution < -0.4 is 11.2 Å². The Morgan fingerprint density at radius 2 is 2.00 bits per heavy atom. The molecule has 1 aromatic carbocycles. The number of carboxylic acid groups (broad SMARTS) is 1. The fourth-order valence-corrected chi connectivity index (χ4v) is 1.08. The summed E-state index contributed by atoms with van der Waals surface area (Å²) in [5.41, 5.74) is 6.88. The molecular formula is C9H11BNO3. The molecule has 4 nitrogen and oxygen atoms in total. The maximum atomic E-state index is 10.5. The van der Waals surface area contributed by atoms with E-state index < -0.39 is 12.0 Å². The number of hydrogen-bond donors (Lipinski definition) is 3. The molecule has 0 aromatic heterocycles. The number of benzene rings is 1. The number of nitrogens with two attached hydrogens (primary N) is 1. The normalized spacial score (nSPS) is 12.1. The second-order valence-electron chi connectivity index (χ2n) is 3.02. The van der Waals surface area contributed by atoms with Crippen molar-refractivity contribution in [1.29, 1.82) is 0 Å². The van der Waals surface area contributed by atoms with Crippen LogP contribution in [0.1, 0.15) is 5.56 Å². The van der Waals surface area contributed by atoms with Crippen molar-refractivity contribution in [2.45, 2.75) is 12.5 Å². The third-order valence-corrected chi connectivity index (χ3v) is 1.90. The van der Waals surface area contributed by atoms with E-state index in [9.17, 15) is 4.79 Å². The van der Waals surface area contributed by atoms with Gasteiger partial charge in [0.05, 0.1) is 0 Å². The Bertz CT molecular complexity index is 312. The zero-order valence-corrected chi connectivity index (χ0v) is 7.55. The number of hydrogen-bond acceptors (Lipinski definition) is 3. The number of aliphatic carboxylic acids is 1. The molecule has 0 spiro atoms. The lowest BCUT2D eigenvalue weighted by molar-refractivity contribution is -0.138. The van der Waals surface area contributed by atoms with E-state index in [1.54, 1.807) is 24.3 Å². The molecule has 1 rings (SSSR count). The van der Waals surface area contributed by atoms with E-state index in [1.807, 2.05) is 0 Å². The molecule has 0 unspecified atom stereocenters. The molecule has 14 heavy (non-hydrogen) atoms. The van der Waals surface area contributed by atoms with E-state index in [1.165, 1.54) is 0 Å². The maximum absolute atomic E-state index is 10.5. The molecule has 0 bridgehead atoms. The molecule has 0 saturated heterocycles. The van der Waals surface area contributed by atoms with Crippen molar-refractivity contribution in [3.05, 3.63) is 29.8 Å². The predicted octanol–water partition coefficient (Wildman–Crippen LogP) is -1.12. The summed E-state index contributed by atoms with van der Waals surface area (Å²) < 4.78 is 0. The van der Waals surface area contributed by atoms with Crippen LogP contribution in [0.3, 0.4) is 0 Å². The van der Waals surface area contributed by atoms with Gasteiger partial charge in [0.15, 0.2) is 0 Å². The Labute approximate surface area is 82.6 Å². The van der Waals surface area contributed by atoms with Gasteiger partial charge in [-0.3, -0.25) is 4.79 Å². The lowest BCUT2D eigenvalue weighted by Gasteiger charge is -2.06. The quantitative estimate of drug-likeness (QED) is 0.527. The highest BCUT2D eigenvalue weighted by molar-refractivity contribution is 6.45. The molecule has 1 atom stereocenters. The molecule has 5 heteroatoms. The third-order valence-electron chi connectivity index (χ3n) is 1.90. The van der Waals surface area contributed by atoms with Crippen LogP contribution in [0, 0.1) is 0 Å². The van der Waals surface area contributed by atoms with E-state index >= 15 is 0 Å². The van der Waals surface area contributed by atoms with Gasteiger partial charge in [0, 0.05) is 0 Å². The summed E-state index contributed by atoms with van der Waals surface area (Å²) in [5.74, 6) is -1.01. The van der Waals surface area contributed by atoms with Gasteiger partial charge in [-0.1, -0.05) is 29.7 Å². The first-order valence-electron chi connectivity index (χ1n) is 4.18. The number of rotatable bonds is 4. The molecule has 73 valence electrons. The van der Waals surface area contributed by atoms with Gasteiger partial charge in [0.2, 0.25) is 0 Å². The molecule has 1 aromatic rings. The van der Waals surface area contributed by atoms with Crippen molar-refractivity contribution >= 4 is 18.9 Å². The van der Waals surface area contributed by atoms with E-state index in [2.05, 4.69) is 0 Å². The Hall–Kier alpha value is -1.33. The molecule has 0 aliphatic rings. The third kappa shape index (κ3) is 2.87. The molecule has 0 aliphatic carbocycles. The van der Waals surface area contributed by atoms with Crippen LogP contribution in [0.25, 0.3) is 0 Å². The topological polar surface area (TPSA) is 83.5 Å². The van der Waals surface area contributed by atoms with Crippen molar-refractivity contribution in [1.82, 2.24) is 0 Å². The average Bonchev–Trinajstić information content (AvgIpc) is 2.19. The molecule has 1 radical (unpaired) electrons. The van der Waals surface area contributed by atoms with Crippen LogP contribution in [-0.2, 0) is 11.2 Å². The van der Waals surface area contributed by atoms with Crippen LogP contribution in [0.4, 0.5) is 0 Å². The second-order valence-corrected chi connectivity index (χ2v) is 3.02. The fourth-order valence-electron chi connectivity index (χ4n) is 1.08. The minimum absolute atomic E-state index is 0.293. The second kappa shape index (κ2) is 4.78. The SMILES string of the molecule is N[C@@H](Cc1ccc([B]O)cc1)C(=O)O. The summed E-state index contributed by atoms with van der Waals surface area (Å²) in [5, 5.41) is 17.2. The van der Waals surface area contributed by atoms with E-state index in [-0.39, 0.29) is 0 Å². The smallest absolute Gasteiger partial charge is 0.326 e. The van der Waals surface area contributed by atoms with Gasteiger partial charge in [-0.2, -0.15) is 0 Å². The van der Waals surface area contributed by atoms with Gasteiger partial charge in [0.1, 0.15) is 6.04 Å². The molecule has 0 heterocycles. The van der Waals surface area contributed by atoms with Crippen LogP contribution >= 0.6 is 0 Å². The van der Waals surface area contributed by atoms with Gasteiger partial charge < -0.3 is 15.9 Å². The molecule has 0 aliphatic heterocycles. The molecule has 4 N–H and O–H groups in total. The molecule has 0 fully saturated rings. The highest BCUT2D eigenvalue weighted by Crippen LogP contribution is 2.00. The Morgan fingerprint density at radius 3 is 2.43 bits per heavy atom. The zero-order valence-electron chi connectivity index (χ0n) is 7.55. The summed E-state index contributed by atoms with van der Waals surface area (Å²) in [4.78, 5) is 10.5. The number of carboxylic acids is 1. The van der Waals surface area contributed by atoms with Crippen molar-refractivity contribution < 1.29 is 14.9 Å². The Morgan fingerprint density at radius 1 is 1.43 bits per heavy atom. The van der Waals surface area contributed by atoms with Crippen LogP contribution in [-0.4, -0.2) is 29.6 Å². The first-order valence-corrected chi connectivity index (χ1v) is 4.18. The summed E-state index contributed by atoms with van der Waals surface area (Å²) in [6.07, 6.45) is 0.293. The summed E-state index contributed by atoms with van der Waals surface area (Å²) in [7, 11) is 0.987. The number of carbonyl (C=O) groups is 1. The first kappa shape index (κ1) is 10.8. The lowest BCUT2D eigenvalue weighted by atomic mass is 9.88. The van der Waals surface area contributed by atoms with Crippen LogP contribution in [0.5, 0.6) is 0 Å². The largest absolute Gasteiger partial charge is 0.480 e. The summed E-state index contributed by atoms with van der Waals surface area (Å²) in [6, 6.07) is 6.00. The van der Waals surface area contributed by atoms with Crippen LogP contribution in [0.15, 0.2) is 24.3 Å². The fraction of sp³-hybridized carbons (Fsp3) is 0.222. The van der Waals surface area contributed by atoms with Gasteiger partial charge in [0.25, 0.3) is 0 Å².